The summed E-state index contributed by atoms with van der Waals surface area (Å²) in [5.74, 6) is 0.0447. The zero-order chi connectivity index (χ0) is 15.9. The summed E-state index contributed by atoms with van der Waals surface area (Å²) in [5.41, 5.74) is 1.61. The molecule has 1 amide bonds. The van der Waals surface area contributed by atoms with Crippen molar-refractivity contribution in [2.75, 3.05) is 20.2 Å². The molecule has 122 valence electrons. The summed E-state index contributed by atoms with van der Waals surface area (Å²) in [6.07, 6.45) is 5.98. The molecule has 1 aromatic heterocycles. The maximum absolute atomic E-state index is 13.0. The third kappa shape index (κ3) is 2.34. The quantitative estimate of drug-likeness (QED) is 0.927. The second-order valence-corrected chi connectivity index (χ2v) is 6.93. The summed E-state index contributed by atoms with van der Waals surface area (Å²) >= 11 is 0. The Balaban J connectivity index is 1.61. The fraction of sp³-hybridized carbons (Fsp3) is 0.556. The monoisotopic (exact) mass is 313 g/mol. The van der Waals surface area contributed by atoms with E-state index >= 15 is 0 Å². The Morgan fingerprint density at radius 1 is 1.35 bits per heavy atom. The fourth-order valence-electron chi connectivity index (χ4n) is 4.55. The lowest BCUT2D eigenvalue weighted by molar-refractivity contribution is -0.0296. The van der Waals surface area contributed by atoms with Crippen molar-refractivity contribution in [3.63, 3.8) is 0 Å². The number of nitrogens with one attached hydrogen (secondary N) is 1. The number of piperidine rings is 1. The third-order valence-electron chi connectivity index (χ3n) is 5.68. The normalized spacial score (nSPS) is 27.9. The van der Waals surface area contributed by atoms with Crippen LogP contribution in [-0.4, -0.2) is 47.3 Å². The number of carbonyl (C=O) groups is 1. The van der Waals surface area contributed by atoms with Crippen molar-refractivity contribution < 1.29 is 9.53 Å². The van der Waals surface area contributed by atoms with Gasteiger partial charge in [-0.15, -0.1) is 0 Å². The number of likely N-dealkylation sites (tertiary alicyclic amines) is 1. The molecule has 0 bridgehead atoms. The van der Waals surface area contributed by atoms with E-state index < -0.39 is 0 Å². The number of hydrogen-bond donors (Lipinski definition) is 1. The van der Waals surface area contributed by atoms with E-state index in [0.717, 1.165) is 49.7 Å². The Morgan fingerprint density at radius 2 is 2.17 bits per heavy atom. The average Bonchev–Trinajstić information content (AvgIpc) is 3.18. The van der Waals surface area contributed by atoms with Gasteiger partial charge in [0.15, 0.2) is 5.69 Å². The molecule has 23 heavy (non-hydrogen) atoms. The third-order valence-corrected chi connectivity index (χ3v) is 5.68. The first kappa shape index (κ1) is 14.7. The zero-order valence-electron chi connectivity index (χ0n) is 13.5. The van der Waals surface area contributed by atoms with Crippen LogP contribution < -0.4 is 0 Å². The van der Waals surface area contributed by atoms with E-state index in [1.807, 2.05) is 29.2 Å². The number of aromatic nitrogens is 2. The number of fused-ring (bicyclic) bond motifs is 1. The van der Waals surface area contributed by atoms with Gasteiger partial charge < -0.3 is 9.64 Å². The zero-order valence-corrected chi connectivity index (χ0v) is 13.5. The minimum Gasteiger partial charge on any atom is -0.381 e. The van der Waals surface area contributed by atoms with Gasteiger partial charge in [-0.1, -0.05) is 24.6 Å². The number of hydrogen-bond acceptors (Lipinski definition) is 3. The van der Waals surface area contributed by atoms with Crippen molar-refractivity contribution in [2.45, 2.75) is 38.2 Å². The summed E-state index contributed by atoms with van der Waals surface area (Å²) in [6.45, 7) is 1.61. The Kier molecular flexibility index (Phi) is 3.60. The van der Waals surface area contributed by atoms with Gasteiger partial charge in [0.2, 0.25) is 0 Å². The van der Waals surface area contributed by atoms with Crippen LogP contribution in [0.5, 0.6) is 0 Å². The Labute approximate surface area is 136 Å². The number of methoxy groups -OCH3 is 1. The predicted molar refractivity (Wildman–Crippen MR) is 88.3 cm³/mol. The van der Waals surface area contributed by atoms with Crippen LogP contribution in [0.15, 0.2) is 24.3 Å². The molecule has 1 saturated carbocycles. The molecule has 1 N–H and O–H groups in total. The smallest absolute Gasteiger partial charge is 0.275 e. The molecule has 5 nitrogen and oxygen atoms in total. The molecule has 1 aliphatic heterocycles. The molecule has 5 heteroatoms. The molecule has 1 spiro atoms. The standard InChI is InChI=1S/C18H23N3O2/c1-23-15-8-4-9-18(15)10-5-11-21(12-18)17(22)16-13-6-2-3-7-14(13)19-20-16/h2-3,6-7,15H,4-5,8-12H2,1H3,(H,19,20)/t15-,18+/m1/s1. The fourth-order valence-corrected chi connectivity index (χ4v) is 4.55. The molecule has 2 atom stereocenters. The SMILES string of the molecule is CO[C@@H]1CCC[C@@]12CCCN(C(=O)c1n[nH]c3ccccc13)C2. The lowest BCUT2D eigenvalue weighted by atomic mass is 9.76. The van der Waals surface area contributed by atoms with E-state index in [4.69, 9.17) is 4.74 Å². The van der Waals surface area contributed by atoms with Gasteiger partial charge in [0.25, 0.3) is 5.91 Å². The Morgan fingerprint density at radius 3 is 3.04 bits per heavy atom. The van der Waals surface area contributed by atoms with Gasteiger partial charge in [-0.05, 0) is 31.7 Å². The van der Waals surface area contributed by atoms with E-state index in [-0.39, 0.29) is 17.4 Å². The van der Waals surface area contributed by atoms with Crippen LogP contribution in [0, 0.1) is 5.41 Å². The number of rotatable bonds is 2. The van der Waals surface area contributed by atoms with Crippen LogP contribution in [0.2, 0.25) is 0 Å². The number of aromatic amines is 1. The van der Waals surface area contributed by atoms with Crippen molar-refractivity contribution in [1.29, 1.82) is 0 Å². The number of ether oxygens (including phenoxy) is 1. The summed E-state index contributed by atoms with van der Waals surface area (Å²) < 4.78 is 5.73. The van der Waals surface area contributed by atoms with Gasteiger partial charge in [-0.3, -0.25) is 9.89 Å². The molecule has 1 saturated heterocycles. The van der Waals surface area contributed by atoms with Crippen molar-refractivity contribution >= 4 is 16.8 Å². The predicted octanol–water partition coefficient (Wildman–Crippen LogP) is 2.98. The van der Waals surface area contributed by atoms with E-state index in [9.17, 15) is 4.79 Å². The maximum atomic E-state index is 13.0. The van der Waals surface area contributed by atoms with Crippen molar-refractivity contribution in [2.24, 2.45) is 5.41 Å². The Bertz CT molecular complexity index is 726. The van der Waals surface area contributed by atoms with Crippen LogP contribution >= 0.6 is 0 Å². The number of para-hydroxylation sites is 1. The Hall–Kier alpha value is -1.88. The molecule has 2 heterocycles. The number of H-pyrrole nitrogens is 1. The van der Waals surface area contributed by atoms with Crippen LogP contribution in [0.3, 0.4) is 0 Å². The van der Waals surface area contributed by atoms with E-state index in [2.05, 4.69) is 10.2 Å². The van der Waals surface area contributed by atoms with Gasteiger partial charge >= 0.3 is 0 Å². The van der Waals surface area contributed by atoms with Crippen LogP contribution in [0.1, 0.15) is 42.6 Å². The highest BCUT2D eigenvalue weighted by molar-refractivity contribution is 6.04. The highest BCUT2D eigenvalue weighted by Crippen LogP contribution is 2.46. The molecule has 2 aliphatic rings. The highest BCUT2D eigenvalue weighted by Gasteiger charge is 2.47. The molecule has 1 aliphatic carbocycles. The lowest BCUT2D eigenvalue weighted by Crippen LogP contribution is -2.49. The summed E-state index contributed by atoms with van der Waals surface area (Å²) in [4.78, 5) is 15.0. The number of amides is 1. The van der Waals surface area contributed by atoms with Gasteiger partial charge in [-0.2, -0.15) is 5.10 Å². The molecule has 0 unspecified atom stereocenters. The number of carbonyl (C=O) groups excluding carboxylic acids is 1. The van der Waals surface area contributed by atoms with Gasteiger partial charge in [-0.25, -0.2) is 0 Å². The first-order chi connectivity index (χ1) is 11.2. The summed E-state index contributed by atoms with van der Waals surface area (Å²) in [6, 6.07) is 7.81. The largest absolute Gasteiger partial charge is 0.381 e. The first-order valence-electron chi connectivity index (χ1n) is 8.49. The van der Waals surface area contributed by atoms with E-state index in [1.165, 1.54) is 6.42 Å². The minimum atomic E-state index is 0.0447. The molecule has 0 radical (unpaired) electrons. The molecular formula is C18H23N3O2. The van der Waals surface area contributed by atoms with Crippen molar-refractivity contribution in [3.05, 3.63) is 30.0 Å². The molecule has 2 aromatic rings. The second kappa shape index (κ2) is 5.64. The highest BCUT2D eigenvalue weighted by atomic mass is 16.5. The van der Waals surface area contributed by atoms with Crippen molar-refractivity contribution in [1.82, 2.24) is 15.1 Å². The van der Waals surface area contributed by atoms with Gasteiger partial charge in [0.05, 0.1) is 11.6 Å². The van der Waals surface area contributed by atoms with Gasteiger partial charge in [0, 0.05) is 31.0 Å². The van der Waals surface area contributed by atoms with E-state index in [0.29, 0.717) is 5.69 Å². The molecule has 4 rings (SSSR count). The van der Waals surface area contributed by atoms with Crippen LogP contribution in [0.25, 0.3) is 10.9 Å². The maximum Gasteiger partial charge on any atom is 0.275 e. The topological polar surface area (TPSA) is 58.2 Å². The molecule has 1 aromatic carbocycles. The number of nitrogens with zero attached hydrogens (tertiary/aromatic N) is 2. The molecular weight excluding hydrogens is 290 g/mol. The number of benzene rings is 1. The van der Waals surface area contributed by atoms with Crippen LogP contribution in [0.4, 0.5) is 0 Å². The summed E-state index contributed by atoms with van der Waals surface area (Å²) in [5, 5.41) is 8.15. The molecule has 2 fully saturated rings. The first-order valence-corrected chi connectivity index (χ1v) is 8.49. The average molecular weight is 313 g/mol. The second-order valence-electron chi connectivity index (χ2n) is 6.93. The van der Waals surface area contributed by atoms with Crippen LogP contribution in [-0.2, 0) is 4.74 Å². The van der Waals surface area contributed by atoms with E-state index in [1.54, 1.807) is 7.11 Å². The van der Waals surface area contributed by atoms with Gasteiger partial charge in [0.1, 0.15) is 0 Å². The lowest BCUT2D eigenvalue weighted by Gasteiger charge is -2.43. The summed E-state index contributed by atoms with van der Waals surface area (Å²) in [7, 11) is 1.81. The van der Waals surface area contributed by atoms with Crippen molar-refractivity contribution in [3.8, 4) is 0 Å². The minimum absolute atomic E-state index is 0.0447.